The van der Waals surface area contributed by atoms with Gasteiger partial charge in [0.05, 0.1) is 6.20 Å². The Bertz CT molecular complexity index is 1690. The first-order chi connectivity index (χ1) is 19.9. The molecule has 208 valence electrons. The molecule has 9 nitrogen and oxygen atoms in total. The highest BCUT2D eigenvalue weighted by Gasteiger charge is 2.17. The molecule has 1 saturated heterocycles. The van der Waals surface area contributed by atoms with E-state index in [9.17, 15) is 4.79 Å². The van der Waals surface area contributed by atoms with Crippen LogP contribution in [0.2, 0.25) is 0 Å². The Morgan fingerprint density at radius 3 is 2.59 bits per heavy atom. The molecule has 0 amide bonds. The average molecular weight is 548 g/mol. The third-order valence-electron chi connectivity index (χ3n) is 7.61. The number of carbonyl (C=O) groups is 1. The minimum atomic E-state index is 0.0759. The number of Topliss-reactive ketones (excluding diaryl/α,β-unsaturated/α-hetero) is 1. The molecule has 1 fully saturated rings. The van der Waals surface area contributed by atoms with Gasteiger partial charge < -0.3 is 9.64 Å². The molecule has 6 rings (SSSR count). The molecule has 0 N–H and O–H groups in total. The minimum Gasteiger partial charge on any atom is -0.438 e. The lowest BCUT2D eigenvalue weighted by Gasteiger charge is -2.32. The summed E-state index contributed by atoms with van der Waals surface area (Å²) in [4.78, 5) is 31.6. The first kappa shape index (κ1) is 26.7. The number of hydrogen-bond acceptors (Lipinski definition) is 8. The van der Waals surface area contributed by atoms with E-state index in [0.29, 0.717) is 28.5 Å². The van der Waals surface area contributed by atoms with Crippen LogP contribution >= 0.6 is 0 Å². The number of ketones is 1. The van der Waals surface area contributed by atoms with Crippen molar-refractivity contribution in [3.63, 3.8) is 0 Å². The molecule has 41 heavy (non-hydrogen) atoms. The van der Waals surface area contributed by atoms with Gasteiger partial charge in [0.25, 0.3) is 0 Å². The van der Waals surface area contributed by atoms with Crippen molar-refractivity contribution in [3.8, 4) is 23.0 Å². The largest absolute Gasteiger partial charge is 0.438 e. The number of pyridine rings is 1. The summed E-state index contributed by atoms with van der Waals surface area (Å²) in [7, 11) is 4.00. The predicted octanol–water partition coefficient (Wildman–Crippen LogP) is 4.70. The molecule has 0 unspecified atom stereocenters. The van der Waals surface area contributed by atoms with E-state index < -0.39 is 0 Å². The zero-order valence-corrected chi connectivity index (χ0v) is 23.6. The fourth-order valence-corrected chi connectivity index (χ4v) is 5.11. The number of nitrogens with zero attached hydrogens (tertiary/aromatic N) is 7. The van der Waals surface area contributed by atoms with Gasteiger partial charge >= 0.3 is 0 Å². The highest BCUT2D eigenvalue weighted by atomic mass is 16.5. The van der Waals surface area contributed by atoms with Gasteiger partial charge in [0, 0.05) is 69.7 Å². The lowest BCUT2D eigenvalue weighted by atomic mass is 9.98. The number of aryl methyl sites for hydroxylation is 2. The van der Waals surface area contributed by atoms with Crippen LogP contribution in [0.3, 0.4) is 0 Å². The molecule has 5 aromatic rings. The first-order valence-corrected chi connectivity index (χ1v) is 13.8. The average Bonchev–Trinajstić information content (AvgIpc) is 3.36. The van der Waals surface area contributed by atoms with Crippen LogP contribution in [0.1, 0.15) is 27.0 Å². The predicted molar refractivity (Wildman–Crippen MR) is 158 cm³/mol. The molecule has 0 atom stereocenters. The van der Waals surface area contributed by atoms with Crippen LogP contribution in [0, 0.1) is 6.92 Å². The Balaban J connectivity index is 1.18. The van der Waals surface area contributed by atoms with Gasteiger partial charge in [-0.3, -0.25) is 19.4 Å². The monoisotopic (exact) mass is 547 g/mol. The van der Waals surface area contributed by atoms with Crippen LogP contribution in [0.25, 0.3) is 22.4 Å². The van der Waals surface area contributed by atoms with Gasteiger partial charge in [-0.1, -0.05) is 24.3 Å². The molecule has 0 saturated carbocycles. The van der Waals surface area contributed by atoms with Gasteiger partial charge in [-0.15, -0.1) is 0 Å². The normalized spacial score (nSPS) is 14.4. The summed E-state index contributed by atoms with van der Waals surface area (Å²) in [5.74, 6) is 1.57. The molecule has 0 aliphatic carbocycles. The molecular weight excluding hydrogens is 514 g/mol. The van der Waals surface area contributed by atoms with Crippen LogP contribution in [-0.2, 0) is 20.0 Å². The Kier molecular flexibility index (Phi) is 7.54. The maximum atomic E-state index is 13.3. The SMILES string of the molecule is Cc1cc(C(=O)Cc2cccc(Oc3nc(-c4cccnc4)nc4c3cnn4C)c2)ccc1CN1CCN(C)CC1. The van der Waals surface area contributed by atoms with Crippen molar-refractivity contribution >= 4 is 16.8 Å². The van der Waals surface area contributed by atoms with Crippen molar-refractivity contribution in [1.82, 2.24) is 34.5 Å². The summed E-state index contributed by atoms with van der Waals surface area (Å²) in [6.07, 6.45) is 5.40. The summed E-state index contributed by atoms with van der Waals surface area (Å²) >= 11 is 0. The molecule has 0 spiro atoms. The number of piperazine rings is 1. The molecule has 9 heteroatoms. The summed E-state index contributed by atoms with van der Waals surface area (Å²) in [6.45, 7) is 7.34. The lowest BCUT2D eigenvalue weighted by molar-refractivity contribution is 0.0993. The van der Waals surface area contributed by atoms with Crippen LogP contribution in [0.15, 0.2) is 73.2 Å². The molecule has 1 aliphatic rings. The molecule has 0 radical (unpaired) electrons. The van der Waals surface area contributed by atoms with Gasteiger partial charge in [-0.25, -0.2) is 4.98 Å². The summed E-state index contributed by atoms with van der Waals surface area (Å²) in [6, 6.07) is 17.4. The third-order valence-corrected chi connectivity index (χ3v) is 7.61. The second-order valence-electron chi connectivity index (χ2n) is 10.7. The van der Waals surface area contributed by atoms with E-state index in [4.69, 9.17) is 4.74 Å². The number of benzene rings is 2. The number of fused-ring (bicyclic) bond motifs is 1. The smallest absolute Gasteiger partial charge is 0.234 e. The second-order valence-corrected chi connectivity index (χ2v) is 10.7. The highest BCUT2D eigenvalue weighted by Crippen LogP contribution is 2.30. The molecule has 1 aliphatic heterocycles. The van der Waals surface area contributed by atoms with Crippen LogP contribution < -0.4 is 4.74 Å². The van der Waals surface area contributed by atoms with E-state index in [0.717, 1.165) is 55.0 Å². The summed E-state index contributed by atoms with van der Waals surface area (Å²) < 4.78 is 7.96. The van der Waals surface area contributed by atoms with Crippen LogP contribution in [0.4, 0.5) is 0 Å². The van der Waals surface area contributed by atoms with Crippen molar-refractivity contribution in [3.05, 3.63) is 95.4 Å². The molecular formula is C32H33N7O2. The molecule has 4 heterocycles. The summed E-state index contributed by atoms with van der Waals surface area (Å²) in [5.41, 5.74) is 5.47. The number of carbonyl (C=O) groups excluding carboxylic acids is 1. The van der Waals surface area contributed by atoms with E-state index in [2.05, 4.69) is 49.9 Å². The fourth-order valence-electron chi connectivity index (χ4n) is 5.11. The summed E-state index contributed by atoms with van der Waals surface area (Å²) in [5, 5.41) is 5.04. The van der Waals surface area contributed by atoms with Crippen molar-refractivity contribution in [2.24, 2.45) is 7.05 Å². The lowest BCUT2D eigenvalue weighted by Crippen LogP contribution is -2.43. The van der Waals surface area contributed by atoms with Gasteiger partial charge in [-0.05, 0) is 61.0 Å². The van der Waals surface area contributed by atoms with E-state index in [1.165, 1.54) is 5.56 Å². The standard InChI is InChI=1S/C32H33N7O2/c1-22-16-24(9-10-26(22)21-39-14-12-37(2)13-15-39)29(40)18-23-6-4-8-27(17-23)41-32-28-20-34-38(3)31(28)35-30(36-32)25-7-5-11-33-19-25/h4-11,16-17,19-20H,12-15,18,21H2,1-3H3. The second kappa shape index (κ2) is 11.6. The van der Waals surface area contributed by atoms with Crippen molar-refractivity contribution in [1.29, 1.82) is 0 Å². The van der Waals surface area contributed by atoms with Gasteiger partial charge in [0.1, 0.15) is 11.1 Å². The number of aromatic nitrogens is 5. The first-order valence-electron chi connectivity index (χ1n) is 13.8. The maximum Gasteiger partial charge on any atom is 0.234 e. The Morgan fingerprint density at radius 1 is 0.951 bits per heavy atom. The van der Waals surface area contributed by atoms with E-state index in [1.807, 2.05) is 55.6 Å². The van der Waals surface area contributed by atoms with Crippen LogP contribution in [0.5, 0.6) is 11.6 Å². The highest BCUT2D eigenvalue weighted by molar-refractivity contribution is 5.97. The van der Waals surface area contributed by atoms with Gasteiger partial charge in [0.15, 0.2) is 17.3 Å². The van der Waals surface area contributed by atoms with Gasteiger partial charge in [-0.2, -0.15) is 10.1 Å². The Labute approximate surface area is 239 Å². The number of hydrogen-bond donors (Lipinski definition) is 0. The number of likely N-dealkylation sites (N-methyl/N-ethyl adjacent to an activating group) is 1. The van der Waals surface area contributed by atoms with Gasteiger partial charge in [0.2, 0.25) is 5.88 Å². The maximum absolute atomic E-state index is 13.3. The van der Waals surface area contributed by atoms with Crippen molar-refractivity contribution in [2.45, 2.75) is 19.9 Å². The van der Waals surface area contributed by atoms with E-state index in [1.54, 1.807) is 23.3 Å². The molecule has 0 bridgehead atoms. The zero-order valence-electron chi connectivity index (χ0n) is 23.6. The molecule has 3 aromatic heterocycles. The topological polar surface area (TPSA) is 89.3 Å². The van der Waals surface area contributed by atoms with Crippen LogP contribution in [-0.4, -0.2) is 73.5 Å². The minimum absolute atomic E-state index is 0.0759. The Morgan fingerprint density at radius 2 is 1.80 bits per heavy atom. The quantitative estimate of drug-likeness (QED) is 0.258. The fraction of sp³-hybridized carbons (Fsp3) is 0.281. The number of rotatable bonds is 8. The number of ether oxygens (including phenoxy) is 1. The van der Waals surface area contributed by atoms with E-state index in [-0.39, 0.29) is 12.2 Å². The Hall–Kier alpha value is -4.47. The zero-order chi connectivity index (χ0) is 28.3. The van der Waals surface area contributed by atoms with Crippen molar-refractivity contribution in [2.75, 3.05) is 33.2 Å². The third kappa shape index (κ3) is 6.01. The van der Waals surface area contributed by atoms with Crippen molar-refractivity contribution < 1.29 is 9.53 Å². The van der Waals surface area contributed by atoms with E-state index >= 15 is 0 Å². The molecule has 2 aromatic carbocycles.